The molecule has 1 heterocycles. The highest BCUT2D eigenvalue weighted by molar-refractivity contribution is 7.16. The Bertz CT molecular complexity index is 219. The van der Waals surface area contributed by atoms with Crippen LogP contribution in [0.2, 0.25) is 0 Å². The van der Waals surface area contributed by atoms with Gasteiger partial charge in [-0.05, 0) is 0 Å². The highest BCUT2D eigenvalue weighted by atomic mass is 32.1. The van der Waals surface area contributed by atoms with Gasteiger partial charge < -0.3 is 10.9 Å². The Balaban J connectivity index is 2.85. The first-order chi connectivity index (χ1) is 4.33. The number of nitrogens with zero attached hydrogens (tertiary/aromatic N) is 3. The summed E-state index contributed by atoms with van der Waals surface area (Å²) in [6.45, 7) is 0. The van der Waals surface area contributed by atoms with Gasteiger partial charge in [-0.15, -0.1) is 10.2 Å². The monoisotopic (exact) mass is 144 g/mol. The standard InChI is InChI=1S/C3H4N4OS/c4-3-7-6-2(9-3)1-5-8/h1,8H,(H2,4,7). The molecule has 0 amide bonds. The minimum Gasteiger partial charge on any atom is -0.411 e. The van der Waals surface area contributed by atoms with Crippen molar-refractivity contribution in [3.63, 3.8) is 0 Å². The fourth-order valence-corrected chi connectivity index (χ4v) is 0.826. The Kier molecular flexibility index (Phi) is 1.59. The maximum Gasteiger partial charge on any atom is 0.203 e. The molecule has 3 N–H and O–H groups in total. The topological polar surface area (TPSA) is 84.4 Å². The van der Waals surface area contributed by atoms with Crippen molar-refractivity contribution in [1.82, 2.24) is 10.2 Å². The van der Waals surface area contributed by atoms with Crippen LogP contribution in [0.25, 0.3) is 0 Å². The minimum absolute atomic E-state index is 0.366. The van der Waals surface area contributed by atoms with Gasteiger partial charge in [0.1, 0.15) is 6.21 Å². The molecule has 48 valence electrons. The van der Waals surface area contributed by atoms with E-state index in [9.17, 15) is 0 Å². The first-order valence-corrected chi connectivity index (χ1v) is 2.91. The molecule has 0 radical (unpaired) electrons. The van der Waals surface area contributed by atoms with Gasteiger partial charge in [0, 0.05) is 0 Å². The van der Waals surface area contributed by atoms with E-state index in [4.69, 9.17) is 10.9 Å². The third-order valence-corrected chi connectivity index (χ3v) is 1.31. The van der Waals surface area contributed by atoms with E-state index in [2.05, 4.69) is 15.4 Å². The van der Waals surface area contributed by atoms with Crippen molar-refractivity contribution in [3.05, 3.63) is 5.01 Å². The molecule has 0 fully saturated rings. The summed E-state index contributed by atoms with van der Waals surface area (Å²) in [7, 11) is 0. The van der Waals surface area contributed by atoms with Crippen LogP contribution in [-0.2, 0) is 0 Å². The van der Waals surface area contributed by atoms with Crippen LogP contribution in [0.4, 0.5) is 5.13 Å². The van der Waals surface area contributed by atoms with Crippen molar-refractivity contribution in [2.45, 2.75) is 0 Å². The summed E-state index contributed by atoms with van der Waals surface area (Å²) in [5, 5.41) is 18.6. The molecule has 5 nitrogen and oxygen atoms in total. The van der Waals surface area contributed by atoms with Gasteiger partial charge in [0.15, 0.2) is 5.01 Å². The van der Waals surface area contributed by atoms with E-state index in [1.165, 1.54) is 6.21 Å². The predicted octanol–water partition coefficient (Wildman–Crippen LogP) is -0.0716. The molecule has 0 saturated carbocycles. The first-order valence-electron chi connectivity index (χ1n) is 2.09. The lowest BCUT2D eigenvalue weighted by molar-refractivity contribution is 0.322. The highest BCUT2D eigenvalue weighted by Gasteiger charge is 1.94. The molecular weight excluding hydrogens is 140 g/mol. The number of nitrogen functional groups attached to an aromatic ring is 1. The maximum atomic E-state index is 8.00. The molecule has 0 unspecified atom stereocenters. The van der Waals surface area contributed by atoms with Crippen LogP contribution in [0.5, 0.6) is 0 Å². The van der Waals surface area contributed by atoms with Crippen LogP contribution in [0.15, 0.2) is 5.16 Å². The molecule has 6 heteroatoms. The van der Waals surface area contributed by atoms with Gasteiger partial charge >= 0.3 is 0 Å². The van der Waals surface area contributed by atoms with Gasteiger partial charge in [0.05, 0.1) is 0 Å². The SMILES string of the molecule is Nc1nnc(C=NO)s1. The van der Waals surface area contributed by atoms with Crippen molar-refractivity contribution in [3.8, 4) is 0 Å². The van der Waals surface area contributed by atoms with E-state index in [1.54, 1.807) is 0 Å². The molecule has 0 aliphatic carbocycles. The second-order valence-electron chi connectivity index (χ2n) is 1.22. The van der Waals surface area contributed by atoms with E-state index >= 15 is 0 Å². The van der Waals surface area contributed by atoms with Crippen LogP contribution in [-0.4, -0.2) is 21.6 Å². The Morgan fingerprint density at radius 3 is 2.89 bits per heavy atom. The van der Waals surface area contributed by atoms with Gasteiger partial charge in [-0.25, -0.2) is 0 Å². The van der Waals surface area contributed by atoms with Crippen molar-refractivity contribution in [2.24, 2.45) is 5.16 Å². The lowest BCUT2D eigenvalue weighted by Crippen LogP contribution is -1.80. The molecule has 0 saturated heterocycles. The summed E-state index contributed by atoms with van der Waals surface area (Å²) < 4.78 is 0. The van der Waals surface area contributed by atoms with Crippen molar-refractivity contribution < 1.29 is 5.21 Å². The van der Waals surface area contributed by atoms with Gasteiger partial charge in [-0.1, -0.05) is 16.5 Å². The molecule has 0 aliphatic heterocycles. The molecule has 0 bridgehead atoms. The summed E-state index contributed by atoms with van der Waals surface area (Å²) in [5.74, 6) is 0. The van der Waals surface area contributed by atoms with Gasteiger partial charge in [-0.3, -0.25) is 0 Å². The molecule has 0 aromatic carbocycles. The zero-order chi connectivity index (χ0) is 6.69. The summed E-state index contributed by atoms with van der Waals surface area (Å²) in [6.07, 6.45) is 1.17. The largest absolute Gasteiger partial charge is 0.411 e. The first kappa shape index (κ1) is 5.96. The molecule has 1 aromatic heterocycles. The molecule has 1 aromatic rings. The third-order valence-electron chi connectivity index (χ3n) is 0.624. The smallest absolute Gasteiger partial charge is 0.203 e. The van der Waals surface area contributed by atoms with Crippen LogP contribution in [0.1, 0.15) is 5.01 Å². The average molecular weight is 144 g/mol. The van der Waals surface area contributed by atoms with E-state index in [1.807, 2.05) is 0 Å². The lowest BCUT2D eigenvalue weighted by Gasteiger charge is -1.71. The van der Waals surface area contributed by atoms with Gasteiger partial charge in [-0.2, -0.15) is 0 Å². The summed E-state index contributed by atoms with van der Waals surface area (Å²) in [6, 6.07) is 0. The van der Waals surface area contributed by atoms with E-state index in [-0.39, 0.29) is 0 Å². The van der Waals surface area contributed by atoms with Crippen LogP contribution < -0.4 is 5.73 Å². The van der Waals surface area contributed by atoms with Crippen LogP contribution >= 0.6 is 11.3 Å². The lowest BCUT2D eigenvalue weighted by atomic mass is 10.8. The molecule has 0 spiro atoms. The zero-order valence-corrected chi connectivity index (χ0v) is 5.17. The van der Waals surface area contributed by atoms with Gasteiger partial charge in [0.2, 0.25) is 5.13 Å². The quantitative estimate of drug-likeness (QED) is 0.328. The zero-order valence-electron chi connectivity index (χ0n) is 4.35. The van der Waals surface area contributed by atoms with E-state index in [0.717, 1.165) is 11.3 Å². The number of oxime groups is 1. The summed E-state index contributed by atoms with van der Waals surface area (Å²) in [5.41, 5.74) is 5.21. The Labute approximate surface area is 54.8 Å². The number of nitrogens with two attached hydrogens (primary N) is 1. The van der Waals surface area contributed by atoms with Crippen LogP contribution in [0, 0.1) is 0 Å². The molecular formula is C3H4N4OS. The highest BCUT2D eigenvalue weighted by Crippen LogP contribution is 2.07. The number of hydrogen-bond donors (Lipinski definition) is 2. The Morgan fingerprint density at radius 2 is 2.44 bits per heavy atom. The van der Waals surface area contributed by atoms with Crippen molar-refractivity contribution in [1.29, 1.82) is 0 Å². The summed E-state index contributed by atoms with van der Waals surface area (Å²) in [4.78, 5) is 0. The second kappa shape index (κ2) is 2.40. The van der Waals surface area contributed by atoms with E-state index in [0.29, 0.717) is 10.1 Å². The second-order valence-corrected chi connectivity index (χ2v) is 2.26. The van der Waals surface area contributed by atoms with Crippen molar-refractivity contribution in [2.75, 3.05) is 5.73 Å². The fourth-order valence-electron chi connectivity index (χ4n) is 0.348. The summed E-state index contributed by atoms with van der Waals surface area (Å²) >= 11 is 1.16. The number of rotatable bonds is 1. The Hall–Kier alpha value is -1.17. The number of hydrogen-bond acceptors (Lipinski definition) is 6. The molecule has 9 heavy (non-hydrogen) atoms. The Morgan fingerprint density at radius 1 is 1.67 bits per heavy atom. The minimum atomic E-state index is 0.366. The number of anilines is 1. The maximum absolute atomic E-state index is 8.00. The molecule has 0 atom stereocenters. The fraction of sp³-hybridized carbons (Fsp3) is 0. The van der Waals surface area contributed by atoms with E-state index < -0.39 is 0 Å². The molecule has 1 rings (SSSR count). The van der Waals surface area contributed by atoms with Crippen LogP contribution in [0.3, 0.4) is 0 Å². The third kappa shape index (κ3) is 1.36. The predicted molar refractivity (Wildman–Crippen MR) is 33.7 cm³/mol. The average Bonchev–Trinajstić information content (AvgIpc) is 2.17. The normalized spacial score (nSPS) is 10.7. The number of aromatic nitrogens is 2. The molecule has 0 aliphatic rings. The van der Waals surface area contributed by atoms with Gasteiger partial charge in [0.25, 0.3) is 0 Å². The van der Waals surface area contributed by atoms with Crippen molar-refractivity contribution >= 4 is 22.7 Å².